The van der Waals surface area contributed by atoms with E-state index in [2.05, 4.69) is 27.8 Å². The zero-order chi connectivity index (χ0) is 6.53. The fourth-order valence-electron chi connectivity index (χ4n) is 0.598. The van der Waals surface area contributed by atoms with Gasteiger partial charge in [-0.3, -0.25) is 5.10 Å². The first-order valence-corrected chi connectivity index (χ1v) is 3.52. The minimum Gasteiger partial charge on any atom is -0.263 e. The van der Waals surface area contributed by atoms with Crippen LogP contribution >= 0.6 is 12.6 Å². The van der Waals surface area contributed by atoms with E-state index < -0.39 is 0 Å². The minimum absolute atomic E-state index is 0.903. The van der Waals surface area contributed by atoms with Crippen molar-refractivity contribution in [3.8, 4) is 0 Å². The van der Waals surface area contributed by atoms with Gasteiger partial charge in [0.2, 0.25) is 0 Å². The standard InChI is InChI=1S/C5H9N3S/c9-3-1-2-5-6-4-7-8-5/h4,9H,1-3H2,(H,6,7,8). The Morgan fingerprint density at radius 2 is 2.56 bits per heavy atom. The summed E-state index contributed by atoms with van der Waals surface area (Å²) < 4.78 is 0. The molecule has 0 saturated carbocycles. The molecule has 0 fully saturated rings. The molecule has 1 aromatic heterocycles. The summed E-state index contributed by atoms with van der Waals surface area (Å²) in [4.78, 5) is 3.95. The highest BCUT2D eigenvalue weighted by Gasteiger charge is 1.91. The van der Waals surface area contributed by atoms with Crippen molar-refractivity contribution in [2.75, 3.05) is 5.75 Å². The van der Waals surface area contributed by atoms with Gasteiger partial charge in [-0.2, -0.15) is 17.7 Å². The van der Waals surface area contributed by atoms with Crippen LogP contribution in [0.2, 0.25) is 0 Å². The lowest BCUT2D eigenvalue weighted by Crippen LogP contribution is -1.88. The zero-order valence-corrected chi connectivity index (χ0v) is 5.93. The largest absolute Gasteiger partial charge is 0.263 e. The molecule has 1 aromatic rings. The highest BCUT2D eigenvalue weighted by Crippen LogP contribution is 1.93. The summed E-state index contributed by atoms with van der Waals surface area (Å²) in [5.74, 6) is 1.85. The van der Waals surface area contributed by atoms with Crippen molar-refractivity contribution in [2.24, 2.45) is 0 Å². The monoisotopic (exact) mass is 143 g/mol. The van der Waals surface area contributed by atoms with Crippen LogP contribution in [-0.2, 0) is 6.42 Å². The Labute approximate surface area is 59.3 Å². The number of hydrogen-bond acceptors (Lipinski definition) is 3. The molecule has 0 atom stereocenters. The molecule has 1 N–H and O–H groups in total. The molecule has 1 heterocycles. The van der Waals surface area contributed by atoms with E-state index in [4.69, 9.17) is 0 Å². The predicted octanol–water partition coefficient (Wildman–Crippen LogP) is 0.667. The van der Waals surface area contributed by atoms with E-state index in [9.17, 15) is 0 Å². The smallest absolute Gasteiger partial charge is 0.137 e. The second kappa shape index (κ2) is 3.50. The maximum atomic E-state index is 4.07. The van der Waals surface area contributed by atoms with E-state index in [1.807, 2.05) is 0 Å². The van der Waals surface area contributed by atoms with Gasteiger partial charge in [0, 0.05) is 6.42 Å². The third-order valence-corrected chi connectivity index (χ3v) is 1.35. The SMILES string of the molecule is SCCCc1ncn[nH]1. The van der Waals surface area contributed by atoms with Gasteiger partial charge in [-0.25, -0.2) is 4.98 Å². The van der Waals surface area contributed by atoms with Crippen molar-refractivity contribution in [3.63, 3.8) is 0 Å². The molecule has 0 saturated heterocycles. The van der Waals surface area contributed by atoms with Crippen molar-refractivity contribution < 1.29 is 0 Å². The molecule has 3 nitrogen and oxygen atoms in total. The first-order chi connectivity index (χ1) is 4.43. The Morgan fingerprint density at radius 1 is 1.67 bits per heavy atom. The van der Waals surface area contributed by atoms with Crippen LogP contribution < -0.4 is 0 Å². The second-order valence-electron chi connectivity index (χ2n) is 1.76. The topological polar surface area (TPSA) is 41.6 Å². The van der Waals surface area contributed by atoms with Crippen LogP contribution in [0.1, 0.15) is 12.2 Å². The number of H-pyrrole nitrogens is 1. The number of nitrogens with zero attached hydrogens (tertiary/aromatic N) is 2. The van der Waals surface area contributed by atoms with Gasteiger partial charge in [0.15, 0.2) is 0 Å². The molecular weight excluding hydrogens is 134 g/mol. The summed E-state index contributed by atoms with van der Waals surface area (Å²) >= 11 is 4.07. The third-order valence-electron chi connectivity index (χ3n) is 1.04. The average Bonchev–Trinajstić information content (AvgIpc) is 2.34. The summed E-state index contributed by atoms with van der Waals surface area (Å²) in [5.41, 5.74) is 0. The van der Waals surface area contributed by atoms with Crippen molar-refractivity contribution in [2.45, 2.75) is 12.8 Å². The van der Waals surface area contributed by atoms with Crippen LogP contribution in [0.5, 0.6) is 0 Å². The van der Waals surface area contributed by atoms with Gasteiger partial charge in [0.1, 0.15) is 12.2 Å². The van der Waals surface area contributed by atoms with E-state index in [-0.39, 0.29) is 0 Å². The summed E-state index contributed by atoms with van der Waals surface area (Å²) in [6.45, 7) is 0. The van der Waals surface area contributed by atoms with Gasteiger partial charge < -0.3 is 0 Å². The molecule has 50 valence electrons. The van der Waals surface area contributed by atoms with E-state index in [0.717, 1.165) is 24.4 Å². The minimum atomic E-state index is 0.903. The fourth-order valence-corrected chi connectivity index (χ4v) is 0.756. The third kappa shape index (κ3) is 2.05. The molecule has 0 aliphatic heterocycles. The Kier molecular flexibility index (Phi) is 2.57. The number of thiol groups is 1. The maximum Gasteiger partial charge on any atom is 0.137 e. The molecule has 4 heteroatoms. The van der Waals surface area contributed by atoms with Crippen molar-refractivity contribution in [1.82, 2.24) is 15.2 Å². The van der Waals surface area contributed by atoms with Crippen LogP contribution in [0.15, 0.2) is 6.33 Å². The summed E-state index contributed by atoms with van der Waals surface area (Å²) in [6.07, 6.45) is 3.52. The maximum absolute atomic E-state index is 4.07. The molecule has 1 rings (SSSR count). The highest BCUT2D eigenvalue weighted by molar-refractivity contribution is 7.80. The molecular formula is C5H9N3S. The Morgan fingerprint density at radius 3 is 3.11 bits per heavy atom. The van der Waals surface area contributed by atoms with Crippen LogP contribution in [-0.4, -0.2) is 20.9 Å². The Balaban J connectivity index is 2.30. The quantitative estimate of drug-likeness (QED) is 0.610. The predicted molar refractivity (Wildman–Crippen MR) is 38.6 cm³/mol. The van der Waals surface area contributed by atoms with Gasteiger partial charge in [0.25, 0.3) is 0 Å². The zero-order valence-electron chi connectivity index (χ0n) is 5.04. The van der Waals surface area contributed by atoms with E-state index in [1.165, 1.54) is 6.33 Å². The fraction of sp³-hybridized carbons (Fsp3) is 0.600. The van der Waals surface area contributed by atoms with Crippen molar-refractivity contribution in [1.29, 1.82) is 0 Å². The molecule has 0 amide bonds. The lowest BCUT2D eigenvalue weighted by molar-refractivity contribution is 0.849. The first kappa shape index (κ1) is 6.61. The van der Waals surface area contributed by atoms with Crippen LogP contribution in [0.4, 0.5) is 0 Å². The van der Waals surface area contributed by atoms with Crippen LogP contribution in [0.25, 0.3) is 0 Å². The number of rotatable bonds is 3. The second-order valence-corrected chi connectivity index (χ2v) is 2.21. The van der Waals surface area contributed by atoms with Crippen LogP contribution in [0.3, 0.4) is 0 Å². The molecule has 0 aliphatic carbocycles. The molecule has 0 bridgehead atoms. The van der Waals surface area contributed by atoms with Crippen molar-refractivity contribution in [3.05, 3.63) is 12.2 Å². The van der Waals surface area contributed by atoms with Gasteiger partial charge >= 0.3 is 0 Å². The number of hydrogen-bond donors (Lipinski definition) is 2. The van der Waals surface area contributed by atoms with Gasteiger partial charge in [-0.1, -0.05) is 0 Å². The van der Waals surface area contributed by atoms with E-state index in [1.54, 1.807) is 0 Å². The number of aryl methyl sites for hydroxylation is 1. The summed E-state index contributed by atoms with van der Waals surface area (Å²) in [6, 6.07) is 0. The molecule has 0 spiro atoms. The Bertz CT molecular complexity index is 149. The number of aromatic amines is 1. The lowest BCUT2D eigenvalue weighted by Gasteiger charge is -1.88. The average molecular weight is 143 g/mol. The summed E-state index contributed by atoms with van der Waals surface area (Å²) in [7, 11) is 0. The number of aromatic nitrogens is 3. The van der Waals surface area contributed by atoms with E-state index >= 15 is 0 Å². The molecule has 9 heavy (non-hydrogen) atoms. The normalized spacial score (nSPS) is 9.89. The molecule has 0 aromatic carbocycles. The Hall–Kier alpha value is -0.510. The van der Waals surface area contributed by atoms with Gasteiger partial charge in [-0.15, -0.1) is 0 Å². The van der Waals surface area contributed by atoms with Crippen LogP contribution in [0, 0.1) is 0 Å². The molecule has 0 unspecified atom stereocenters. The van der Waals surface area contributed by atoms with Gasteiger partial charge in [0.05, 0.1) is 0 Å². The van der Waals surface area contributed by atoms with Crippen molar-refractivity contribution >= 4 is 12.6 Å². The lowest BCUT2D eigenvalue weighted by atomic mass is 10.3. The molecule has 0 radical (unpaired) electrons. The van der Waals surface area contributed by atoms with E-state index in [0.29, 0.717) is 0 Å². The number of nitrogens with one attached hydrogen (secondary N) is 1. The molecule has 0 aliphatic rings. The van der Waals surface area contributed by atoms with Gasteiger partial charge in [-0.05, 0) is 12.2 Å². The summed E-state index contributed by atoms with van der Waals surface area (Å²) in [5, 5.41) is 6.49. The highest BCUT2D eigenvalue weighted by atomic mass is 32.1. The first-order valence-electron chi connectivity index (χ1n) is 2.88.